The highest BCUT2D eigenvalue weighted by Gasteiger charge is 2.14. The molecule has 0 spiro atoms. The van der Waals surface area contributed by atoms with Gasteiger partial charge in [0, 0.05) is 10.9 Å². The molecule has 0 amide bonds. The van der Waals surface area contributed by atoms with Crippen molar-refractivity contribution in [1.82, 2.24) is 0 Å². The topological polar surface area (TPSA) is 35.2 Å². The summed E-state index contributed by atoms with van der Waals surface area (Å²) in [5, 5.41) is 0. The first-order valence-electron chi connectivity index (χ1n) is 3.96. The van der Waals surface area contributed by atoms with Crippen molar-refractivity contribution in [3.05, 3.63) is 25.0 Å². The van der Waals surface area contributed by atoms with Crippen LogP contribution in [0.15, 0.2) is 19.5 Å². The zero-order chi connectivity index (χ0) is 11.6. The van der Waals surface area contributed by atoms with Crippen molar-refractivity contribution in [2.45, 2.75) is 6.42 Å². The molecule has 0 aliphatic carbocycles. The van der Waals surface area contributed by atoms with Gasteiger partial charge in [0.2, 0.25) is 0 Å². The van der Waals surface area contributed by atoms with E-state index in [0.29, 0.717) is 11.4 Å². The lowest BCUT2D eigenvalue weighted by Gasteiger charge is -2.12. The number of hydrogen-bond acceptors (Lipinski definition) is 2. The van der Waals surface area contributed by atoms with Crippen LogP contribution in [0.3, 0.4) is 0 Å². The number of halogens is 3. The maximum absolute atomic E-state index is 5.51. The Labute approximate surface area is 119 Å². The van der Waals surface area contributed by atoms with Gasteiger partial charge in [0.1, 0.15) is 5.75 Å². The van der Waals surface area contributed by atoms with Gasteiger partial charge in [-0.05, 0) is 59.4 Å². The van der Waals surface area contributed by atoms with Crippen LogP contribution in [0.5, 0.6) is 5.75 Å². The number of nitrogens with two attached hydrogens (primary N) is 1. The van der Waals surface area contributed by atoms with Crippen molar-refractivity contribution < 1.29 is 4.74 Å². The van der Waals surface area contributed by atoms with E-state index in [1.165, 1.54) is 0 Å². The average molecular weight is 418 g/mol. The van der Waals surface area contributed by atoms with Crippen molar-refractivity contribution >= 4 is 65.0 Å². The summed E-state index contributed by atoms with van der Waals surface area (Å²) in [5.74, 6) is 0.744. The first-order chi connectivity index (χ1) is 6.97. The molecule has 15 heavy (non-hydrogen) atoms. The number of hydrogen-bond donors (Lipinski definition) is 1. The van der Waals surface area contributed by atoms with Gasteiger partial charge in [0.05, 0.1) is 21.0 Å². The molecule has 1 aromatic rings. The minimum Gasteiger partial charge on any atom is -0.494 e. The molecule has 0 heterocycles. The highest BCUT2D eigenvalue weighted by molar-refractivity contribution is 9.13. The minimum atomic E-state index is 0.458. The number of thiocarbonyl (C=S) groups is 1. The third-order valence-electron chi connectivity index (χ3n) is 1.76. The maximum Gasteiger partial charge on any atom is 0.148 e. The third-order valence-corrected chi connectivity index (χ3v) is 4.69. The van der Waals surface area contributed by atoms with Crippen molar-refractivity contribution in [2.75, 3.05) is 7.11 Å². The number of ether oxygens (including phenoxy) is 1. The SMILES string of the molecule is COc1c(Br)cc(CC(N)=S)c(Br)c1Br. The first-order valence-corrected chi connectivity index (χ1v) is 6.74. The fraction of sp³-hybridized carbons (Fsp3) is 0.222. The van der Waals surface area contributed by atoms with E-state index in [1.54, 1.807) is 7.11 Å². The lowest BCUT2D eigenvalue weighted by Crippen LogP contribution is -2.11. The van der Waals surface area contributed by atoms with Gasteiger partial charge in [0.25, 0.3) is 0 Å². The van der Waals surface area contributed by atoms with Crippen LogP contribution in [0.2, 0.25) is 0 Å². The minimum absolute atomic E-state index is 0.458. The standard InChI is InChI=1S/C9H8Br3NOS/c1-14-9-5(10)2-4(3-6(13)15)7(11)8(9)12/h2H,3H2,1H3,(H2,13,15). The van der Waals surface area contributed by atoms with Gasteiger partial charge in [-0.2, -0.15) is 0 Å². The van der Waals surface area contributed by atoms with Crippen LogP contribution < -0.4 is 10.5 Å². The average Bonchev–Trinajstić information content (AvgIpc) is 2.14. The summed E-state index contributed by atoms with van der Waals surface area (Å²) in [5.41, 5.74) is 6.53. The molecule has 2 nitrogen and oxygen atoms in total. The second-order valence-corrected chi connectivity index (χ2v) is 5.79. The van der Waals surface area contributed by atoms with E-state index in [1.807, 2.05) is 6.07 Å². The lowest BCUT2D eigenvalue weighted by molar-refractivity contribution is 0.409. The van der Waals surface area contributed by atoms with Crippen LogP contribution in [0.1, 0.15) is 5.56 Å². The summed E-state index contributed by atoms with van der Waals surface area (Å²) in [6, 6.07) is 1.94. The second-order valence-electron chi connectivity index (χ2n) is 2.82. The van der Waals surface area contributed by atoms with Crippen molar-refractivity contribution in [3.63, 3.8) is 0 Å². The lowest BCUT2D eigenvalue weighted by atomic mass is 10.1. The van der Waals surface area contributed by atoms with Crippen LogP contribution in [0.25, 0.3) is 0 Å². The molecule has 0 atom stereocenters. The number of rotatable bonds is 3. The van der Waals surface area contributed by atoms with Gasteiger partial charge in [-0.1, -0.05) is 12.2 Å². The molecule has 1 rings (SSSR count). The van der Waals surface area contributed by atoms with Crippen molar-refractivity contribution in [3.8, 4) is 5.75 Å². The molecular weight excluding hydrogens is 410 g/mol. The van der Waals surface area contributed by atoms with E-state index in [0.717, 1.165) is 24.7 Å². The number of methoxy groups -OCH3 is 1. The summed E-state index contributed by atoms with van der Waals surface area (Å²) in [6.07, 6.45) is 0.553. The van der Waals surface area contributed by atoms with E-state index >= 15 is 0 Å². The summed E-state index contributed by atoms with van der Waals surface area (Å²) in [4.78, 5) is 0.458. The number of benzene rings is 1. The molecule has 0 aliphatic heterocycles. The van der Waals surface area contributed by atoms with Crippen LogP contribution >= 0.6 is 60.0 Å². The zero-order valence-corrected chi connectivity index (χ0v) is 13.4. The molecular formula is C9H8Br3NOS. The Morgan fingerprint density at radius 2 is 2.00 bits per heavy atom. The second kappa shape index (κ2) is 5.61. The van der Waals surface area contributed by atoms with Gasteiger partial charge >= 0.3 is 0 Å². The smallest absolute Gasteiger partial charge is 0.148 e. The molecule has 0 radical (unpaired) electrons. The van der Waals surface area contributed by atoms with Crippen LogP contribution in [0, 0.1) is 0 Å². The molecule has 82 valence electrons. The van der Waals surface area contributed by atoms with Gasteiger partial charge in [-0.25, -0.2) is 0 Å². The Morgan fingerprint density at radius 1 is 1.40 bits per heavy atom. The van der Waals surface area contributed by atoms with Crippen molar-refractivity contribution in [1.29, 1.82) is 0 Å². The van der Waals surface area contributed by atoms with E-state index in [9.17, 15) is 0 Å². The van der Waals surface area contributed by atoms with Gasteiger partial charge in [-0.15, -0.1) is 0 Å². The zero-order valence-electron chi connectivity index (χ0n) is 7.81. The van der Waals surface area contributed by atoms with E-state index in [2.05, 4.69) is 47.8 Å². The van der Waals surface area contributed by atoms with Crippen LogP contribution in [-0.4, -0.2) is 12.1 Å². The summed E-state index contributed by atoms with van der Waals surface area (Å²) < 4.78 is 7.86. The normalized spacial score (nSPS) is 10.1. The highest BCUT2D eigenvalue weighted by atomic mass is 79.9. The fourth-order valence-electron chi connectivity index (χ4n) is 1.13. The molecule has 0 aromatic heterocycles. The molecule has 0 fully saturated rings. The van der Waals surface area contributed by atoms with Crippen LogP contribution in [-0.2, 0) is 6.42 Å². The van der Waals surface area contributed by atoms with Crippen LogP contribution in [0.4, 0.5) is 0 Å². The highest BCUT2D eigenvalue weighted by Crippen LogP contribution is 2.41. The van der Waals surface area contributed by atoms with E-state index in [4.69, 9.17) is 22.7 Å². The van der Waals surface area contributed by atoms with Gasteiger partial charge < -0.3 is 10.5 Å². The third kappa shape index (κ3) is 3.15. The monoisotopic (exact) mass is 415 g/mol. The summed E-state index contributed by atoms with van der Waals surface area (Å²) in [6.45, 7) is 0. The molecule has 0 saturated carbocycles. The van der Waals surface area contributed by atoms with E-state index < -0.39 is 0 Å². The molecule has 0 saturated heterocycles. The molecule has 2 N–H and O–H groups in total. The first kappa shape index (κ1) is 13.4. The molecule has 0 bridgehead atoms. The largest absolute Gasteiger partial charge is 0.494 e. The van der Waals surface area contributed by atoms with E-state index in [-0.39, 0.29) is 0 Å². The fourth-order valence-corrected chi connectivity index (χ4v) is 3.25. The predicted octanol–water partition coefficient (Wildman–Crippen LogP) is 3.81. The Bertz CT molecular complexity index is 409. The molecule has 6 heteroatoms. The predicted molar refractivity (Wildman–Crippen MR) is 76.6 cm³/mol. The Morgan fingerprint density at radius 3 is 2.47 bits per heavy atom. The van der Waals surface area contributed by atoms with Gasteiger partial charge in [-0.3, -0.25) is 0 Å². The van der Waals surface area contributed by atoms with Gasteiger partial charge in [0.15, 0.2) is 0 Å². The molecule has 0 unspecified atom stereocenters. The Hall–Kier alpha value is 0.350. The quantitative estimate of drug-likeness (QED) is 0.600. The van der Waals surface area contributed by atoms with Crippen molar-refractivity contribution in [2.24, 2.45) is 5.73 Å². The molecule has 0 aliphatic rings. The summed E-state index contributed by atoms with van der Waals surface area (Å²) >= 11 is 15.2. The Balaban J connectivity index is 3.27. The Kier molecular flexibility index (Phi) is 5.02. The summed E-state index contributed by atoms with van der Waals surface area (Å²) in [7, 11) is 1.62. The maximum atomic E-state index is 5.51. The molecule has 1 aromatic carbocycles.